The molecule has 1 N–H and O–H groups in total. The van der Waals surface area contributed by atoms with Crippen molar-refractivity contribution in [3.05, 3.63) is 33.9 Å². The zero-order valence-electron chi connectivity index (χ0n) is 11.8. The Balaban J connectivity index is 2.81. The molecule has 0 fully saturated rings. The Bertz CT molecular complexity index is 439. The summed E-state index contributed by atoms with van der Waals surface area (Å²) in [5.41, 5.74) is 1.82. The van der Waals surface area contributed by atoms with Crippen LogP contribution in [0.3, 0.4) is 0 Å². The van der Waals surface area contributed by atoms with Crippen LogP contribution in [-0.2, 0) is 0 Å². The van der Waals surface area contributed by atoms with Gasteiger partial charge >= 0.3 is 0 Å². The first-order valence-corrected chi connectivity index (χ1v) is 6.23. The molecule has 0 saturated carbocycles. The Morgan fingerprint density at radius 2 is 2.00 bits per heavy atom. The average molecular weight is 250 g/mol. The number of hydrogen-bond donors (Lipinski definition) is 1. The van der Waals surface area contributed by atoms with Gasteiger partial charge in [-0.3, -0.25) is 10.1 Å². The molecule has 0 atom stereocenters. The van der Waals surface area contributed by atoms with Gasteiger partial charge in [0.25, 0.3) is 5.69 Å². The molecule has 0 saturated heterocycles. The molecule has 1 rings (SSSR count). The van der Waals surface area contributed by atoms with Gasteiger partial charge in [0.15, 0.2) is 0 Å². The molecule has 0 radical (unpaired) electrons. The smallest absolute Gasteiger partial charge is 0.274 e. The maximum absolute atomic E-state index is 10.9. The lowest BCUT2D eigenvalue weighted by molar-refractivity contribution is -0.385. The first-order chi connectivity index (χ1) is 8.24. The van der Waals surface area contributed by atoms with Gasteiger partial charge in [-0.25, -0.2) is 0 Å². The summed E-state index contributed by atoms with van der Waals surface area (Å²) in [5, 5.41) is 14.1. The highest BCUT2D eigenvalue weighted by atomic mass is 16.6. The molecule has 4 nitrogen and oxygen atoms in total. The van der Waals surface area contributed by atoms with Crippen molar-refractivity contribution in [2.24, 2.45) is 11.3 Å². The van der Waals surface area contributed by atoms with Gasteiger partial charge in [0.05, 0.1) is 4.92 Å². The lowest BCUT2D eigenvalue weighted by atomic mass is 9.81. The number of nitro groups is 1. The first kappa shape index (κ1) is 14.5. The van der Waals surface area contributed by atoms with Crippen LogP contribution in [0.5, 0.6) is 0 Å². The molecule has 18 heavy (non-hydrogen) atoms. The van der Waals surface area contributed by atoms with Crippen molar-refractivity contribution in [2.45, 2.75) is 34.6 Å². The fourth-order valence-electron chi connectivity index (χ4n) is 1.45. The number of benzene rings is 1. The van der Waals surface area contributed by atoms with Crippen LogP contribution in [-0.4, -0.2) is 11.5 Å². The third kappa shape index (κ3) is 3.45. The zero-order chi connectivity index (χ0) is 13.9. The molecule has 0 spiro atoms. The van der Waals surface area contributed by atoms with E-state index in [9.17, 15) is 10.1 Å². The van der Waals surface area contributed by atoms with E-state index in [0.717, 1.165) is 12.2 Å². The quantitative estimate of drug-likeness (QED) is 0.634. The minimum Gasteiger partial charge on any atom is -0.384 e. The van der Waals surface area contributed by atoms with Gasteiger partial charge in [-0.05, 0) is 24.3 Å². The minimum absolute atomic E-state index is 0.152. The Labute approximate surface area is 109 Å². The summed E-state index contributed by atoms with van der Waals surface area (Å²) < 4.78 is 0. The fraction of sp³-hybridized carbons (Fsp3) is 0.571. The molecule has 0 bridgehead atoms. The van der Waals surface area contributed by atoms with E-state index in [1.54, 1.807) is 19.1 Å². The highest BCUT2D eigenvalue weighted by Crippen LogP contribution is 2.28. The lowest BCUT2D eigenvalue weighted by Gasteiger charge is -2.29. The van der Waals surface area contributed by atoms with Crippen molar-refractivity contribution in [3.8, 4) is 0 Å². The second-order valence-electron chi connectivity index (χ2n) is 5.76. The van der Waals surface area contributed by atoms with Crippen molar-refractivity contribution in [1.29, 1.82) is 0 Å². The van der Waals surface area contributed by atoms with E-state index in [1.807, 2.05) is 6.07 Å². The molecular weight excluding hydrogens is 228 g/mol. The molecule has 0 aliphatic carbocycles. The van der Waals surface area contributed by atoms with Crippen molar-refractivity contribution < 1.29 is 4.92 Å². The highest BCUT2D eigenvalue weighted by Gasteiger charge is 2.22. The van der Waals surface area contributed by atoms with Crippen LogP contribution in [0.2, 0.25) is 0 Å². The first-order valence-electron chi connectivity index (χ1n) is 6.23. The van der Waals surface area contributed by atoms with Gasteiger partial charge in [-0.2, -0.15) is 0 Å². The average Bonchev–Trinajstić information content (AvgIpc) is 2.27. The molecule has 100 valence electrons. The van der Waals surface area contributed by atoms with Crippen LogP contribution in [0.15, 0.2) is 18.2 Å². The van der Waals surface area contributed by atoms with E-state index in [2.05, 4.69) is 33.0 Å². The summed E-state index contributed by atoms with van der Waals surface area (Å²) in [6.07, 6.45) is 0. The Kier molecular flexibility index (Phi) is 4.33. The maximum atomic E-state index is 10.9. The third-order valence-corrected chi connectivity index (χ3v) is 3.72. The molecule has 0 heterocycles. The number of nitro benzene ring substituents is 1. The summed E-state index contributed by atoms with van der Waals surface area (Å²) in [7, 11) is 0. The predicted octanol–water partition coefficient (Wildman–Crippen LogP) is 4.00. The largest absolute Gasteiger partial charge is 0.384 e. The van der Waals surface area contributed by atoms with Crippen molar-refractivity contribution >= 4 is 11.4 Å². The highest BCUT2D eigenvalue weighted by molar-refractivity contribution is 5.54. The molecule has 1 aromatic rings. The van der Waals surface area contributed by atoms with Crippen LogP contribution in [0.1, 0.15) is 33.3 Å². The van der Waals surface area contributed by atoms with Crippen LogP contribution >= 0.6 is 0 Å². The summed E-state index contributed by atoms with van der Waals surface area (Å²) in [6, 6.07) is 5.27. The van der Waals surface area contributed by atoms with Crippen LogP contribution in [0.4, 0.5) is 11.4 Å². The van der Waals surface area contributed by atoms with Gasteiger partial charge in [0.2, 0.25) is 0 Å². The predicted molar refractivity (Wildman–Crippen MR) is 74.9 cm³/mol. The fourth-order valence-corrected chi connectivity index (χ4v) is 1.45. The third-order valence-electron chi connectivity index (χ3n) is 3.72. The van der Waals surface area contributed by atoms with Gasteiger partial charge in [0, 0.05) is 23.9 Å². The Morgan fingerprint density at radius 3 is 2.50 bits per heavy atom. The number of hydrogen-bond acceptors (Lipinski definition) is 3. The van der Waals surface area contributed by atoms with Crippen LogP contribution in [0, 0.1) is 28.4 Å². The van der Waals surface area contributed by atoms with Gasteiger partial charge < -0.3 is 5.32 Å². The van der Waals surface area contributed by atoms with Gasteiger partial charge in [-0.1, -0.05) is 33.8 Å². The molecule has 1 aromatic carbocycles. The lowest BCUT2D eigenvalue weighted by Crippen LogP contribution is -2.28. The number of rotatable bonds is 5. The number of aryl methyl sites for hydroxylation is 1. The summed E-state index contributed by atoms with van der Waals surface area (Å²) in [5.74, 6) is 0.547. The van der Waals surface area contributed by atoms with Crippen molar-refractivity contribution in [3.63, 3.8) is 0 Å². The Morgan fingerprint density at radius 1 is 1.39 bits per heavy atom. The van der Waals surface area contributed by atoms with Gasteiger partial charge in [0.1, 0.15) is 0 Å². The monoisotopic (exact) mass is 250 g/mol. The molecule has 0 aliphatic heterocycles. The minimum atomic E-state index is -0.339. The summed E-state index contributed by atoms with van der Waals surface area (Å²) >= 11 is 0. The van der Waals surface area contributed by atoms with Crippen molar-refractivity contribution in [2.75, 3.05) is 11.9 Å². The van der Waals surface area contributed by atoms with E-state index < -0.39 is 0 Å². The molecule has 4 heteroatoms. The topological polar surface area (TPSA) is 55.2 Å². The molecule has 0 aliphatic rings. The normalized spacial score (nSPS) is 11.7. The van der Waals surface area contributed by atoms with Gasteiger partial charge in [-0.15, -0.1) is 0 Å². The summed E-state index contributed by atoms with van der Waals surface area (Å²) in [6.45, 7) is 11.3. The second kappa shape index (κ2) is 5.38. The molecule has 0 amide bonds. The van der Waals surface area contributed by atoms with Crippen LogP contribution < -0.4 is 5.32 Å². The summed E-state index contributed by atoms with van der Waals surface area (Å²) in [4.78, 5) is 10.5. The standard InChI is InChI=1S/C14H22N2O2/c1-10(2)14(4,5)9-15-12-7-6-11(3)13(8-12)16(17)18/h6-8,10,15H,9H2,1-5H3. The van der Waals surface area contributed by atoms with E-state index in [4.69, 9.17) is 0 Å². The zero-order valence-corrected chi connectivity index (χ0v) is 11.8. The number of nitrogens with zero attached hydrogens (tertiary/aromatic N) is 1. The maximum Gasteiger partial charge on any atom is 0.274 e. The van der Waals surface area contributed by atoms with E-state index in [-0.39, 0.29) is 16.0 Å². The molecular formula is C14H22N2O2. The Hall–Kier alpha value is -1.58. The molecule has 0 aromatic heterocycles. The van der Waals surface area contributed by atoms with E-state index in [0.29, 0.717) is 11.5 Å². The molecule has 0 unspecified atom stereocenters. The van der Waals surface area contributed by atoms with Crippen molar-refractivity contribution in [1.82, 2.24) is 0 Å². The van der Waals surface area contributed by atoms with Crippen LogP contribution in [0.25, 0.3) is 0 Å². The van der Waals surface area contributed by atoms with E-state index >= 15 is 0 Å². The van der Waals surface area contributed by atoms with E-state index in [1.165, 1.54) is 0 Å². The number of nitrogens with one attached hydrogen (secondary N) is 1. The second-order valence-corrected chi connectivity index (χ2v) is 5.76. The SMILES string of the molecule is Cc1ccc(NCC(C)(C)C(C)C)cc1[N+](=O)[O-]. The number of anilines is 1.